The molecule has 0 aromatic heterocycles. The van der Waals surface area contributed by atoms with E-state index in [1.165, 1.54) is 0 Å². The highest BCUT2D eigenvalue weighted by Gasteiger charge is 2.25. The van der Waals surface area contributed by atoms with Crippen LogP contribution in [0.5, 0.6) is 0 Å². The van der Waals surface area contributed by atoms with Gasteiger partial charge in [0.05, 0.1) is 13.2 Å². The van der Waals surface area contributed by atoms with Gasteiger partial charge in [0.15, 0.2) is 0 Å². The Balaban J connectivity index is 1.55. The fourth-order valence-electron chi connectivity index (χ4n) is 3.14. The number of benzene rings is 1. The van der Waals surface area contributed by atoms with Crippen LogP contribution in [0.25, 0.3) is 0 Å². The third kappa shape index (κ3) is 4.70. The second kappa shape index (κ2) is 8.62. The number of rotatable bonds is 3. The predicted molar refractivity (Wildman–Crippen MR) is 100.0 cm³/mol. The average Bonchev–Trinajstić information content (AvgIpc) is 2.67. The van der Waals surface area contributed by atoms with E-state index in [1.807, 2.05) is 42.2 Å². The predicted octanol–water partition coefficient (Wildman–Crippen LogP) is 2.52. The van der Waals surface area contributed by atoms with Crippen LogP contribution >= 0.6 is 0 Å². The highest BCUT2D eigenvalue weighted by molar-refractivity contribution is 5.99. The van der Waals surface area contributed by atoms with Crippen molar-refractivity contribution in [2.75, 3.05) is 31.6 Å². The first-order valence-corrected chi connectivity index (χ1v) is 8.86. The van der Waals surface area contributed by atoms with Crippen molar-refractivity contribution in [1.29, 1.82) is 0 Å². The summed E-state index contributed by atoms with van der Waals surface area (Å²) in [6.45, 7) is 4.47. The lowest BCUT2D eigenvalue weighted by molar-refractivity contribution is -0.131. The molecule has 1 aliphatic heterocycles. The van der Waals surface area contributed by atoms with Crippen LogP contribution in [0.2, 0.25) is 0 Å². The van der Waals surface area contributed by atoms with Gasteiger partial charge >= 0.3 is 6.03 Å². The lowest BCUT2D eigenvalue weighted by Crippen LogP contribution is -2.42. The van der Waals surface area contributed by atoms with Gasteiger partial charge in [-0.05, 0) is 31.9 Å². The molecule has 2 N–H and O–H groups in total. The number of hydrogen-bond donors (Lipinski definition) is 2. The summed E-state index contributed by atoms with van der Waals surface area (Å²) in [5.41, 5.74) is 6.02. The smallest absolute Gasteiger partial charge is 0.339 e. The number of carbonyl (C=O) groups is 2. The van der Waals surface area contributed by atoms with Crippen LogP contribution in [-0.4, -0.2) is 48.9 Å². The number of ether oxygens (including phenoxy) is 1. The van der Waals surface area contributed by atoms with Crippen molar-refractivity contribution < 1.29 is 14.3 Å². The molecule has 0 bridgehead atoms. The number of urea groups is 1. The number of hydrogen-bond acceptors (Lipinski definition) is 4. The Morgan fingerprint density at radius 3 is 2.54 bits per heavy atom. The van der Waals surface area contributed by atoms with E-state index in [1.54, 1.807) is 0 Å². The molecule has 1 aliphatic carbocycles. The van der Waals surface area contributed by atoms with Gasteiger partial charge in [0.1, 0.15) is 0 Å². The van der Waals surface area contributed by atoms with Crippen molar-refractivity contribution in [3.05, 3.63) is 41.5 Å². The Kier molecular flexibility index (Phi) is 6.01. The molecule has 0 unspecified atom stereocenters. The molecule has 3 rings (SSSR count). The lowest BCUT2D eigenvalue weighted by Gasteiger charge is -2.29. The fraction of sp³-hybridized carbons (Fsp3) is 0.421. The molecule has 0 atom stereocenters. The van der Waals surface area contributed by atoms with Crippen LogP contribution in [-0.2, 0) is 9.53 Å². The molecular formula is C19H24N4O3. The molecule has 138 valence electrons. The fourth-order valence-corrected chi connectivity index (χ4v) is 3.14. The summed E-state index contributed by atoms with van der Waals surface area (Å²) in [6, 6.07) is 8.83. The highest BCUT2D eigenvalue weighted by atomic mass is 16.5. The molecule has 1 aromatic carbocycles. The van der Waals surface area contributed by atoms with Crippen molar-refractivity contribution in [3.8, 4) is 0 Å². The Bertz CT molecular complexity index is 722. The Morgan fingerprint density at radius 2 is 1.85 bits per heavy atom. The van der Waals surface area contributed by atoms with E-state index >= 15 is 0 Å². The molecule has 1 saturated heterocycles. The normalized spacial score (nSPS) is 19.4. The van der Waals surface area contributed by atoms with Gasteiger partial charge in [-0.15, -0.1) is 0 Å². The number of para-hydroxylation sites is 1. The first kappa shape index (κ1) is 18.1. The first-order chi connectivity index (χ1) is 12.6. The molecule has 1 aromatic rings. The largest absolute Gasteiger partial charge is 0.378 e. The van der Waals surface area contributed by atoms with E-state index in [0.29, 0.717) is 51.3 Å². The van der Waals surface area contributed by atoms with E-state index < -0.39 is 0 Å². The topological polar surface area (TPSA) is 83.0 Å². The third-order valence-electron chi connectivity index (χ3n) is 4.55. The van der Waals surface area contributed by atoms with Gasteiger partial charge in [-0.2, -0.15) is 5.10 Å². The van der Waals surface area contributed by atoms with E-state index in [-0.39, 0.29) is 11.9 Å². The van der Waals surface area contributed by atoms with Gasteiger partial charge in [0, 0.05) is 36.5 Å². The molecule has 26 heavy (non-hydrogen) atoms. The Hall–Kier alpha value is -2.67. The van der Waals surface area contributed by atoms with Crippen LogP contribution in [0.3, 0.4) is 0 Å². The van der Waals surface area contributed by atoms with E-state index in [2.05, 4.69) is 15.8 Å². The highest BCUT2D eigenvalue weighted by Crippen LogP contribution is 2.25. The number of anilines is 1. The molecule has 1 heterocycles. The van der Waals surface area contributed by atoms with Gasteiger partial charge in [-0.25, -0.2) is 10.2 Å². The Morgan fingerprint density at radius 1 is 1.12 bits per heavy atom. The van der Waals surface area contributed by atoms with Gasteiger partial charge in [-0.3, -0.25) is 4.79 Å². The summed E-state index contributed by atoms with van der Waals surface area (Å²) >= 11 is 0. The maximum absolute atomic E-state index is 12.6. The van der Waals surface area contributed by atoms with Gasteiger partial charge in [0.2, 0.25) is 5.91 Å². The molecule has 7 nitrogen and oxygen atoms in total. The maximum Gasteiger partial charge on any atom is 0.339 e. The second-order valence-corrected chi connectivity index (χ2v) is 6.45. The number of nitrogens with zero attached hydrogens (tertiary/aromatic N) is 2. The standard InChI is InChI=1S/C19H24N4O3/c1-14-13-16(21-22-19(25)20-15-5-3-2-4-6-15)7-8-17(14)18(24)23-9-11-26-12-10-23/h2-6H,7-13H2,1H3,(H2,20,22,25)/b21-16-. The van der Waals surface area contributed by atoms with Crippen LogP contribution in [0.1, 0.15) is 26.2 Å². The number of hydrazone groups is 1. The SMILES string of the molecule is CC1=C(C(=O)N2CCOCC2)CC/C(=N/NC(=O)Nc2ccccc2)C1. The van der Waals surface area contributed by atoms with E-state index in [0.717, 1.165) is 16.9 Å². The summed E-state index contributed by atoms with van der Waals surface area (Å²) in [5, 5.41) is 6.93. The molecule has 1 fully saturated rings. The minimum absolute atomic E-state index is 0.111. The monoisotopic (exact) mass is 356 g/mol. The van der Waals surface area contributed by atoms with Gasteiger partial charge in [0.25, 0.3) is 0 Å². The molecule has 7 heteroatoms. The summed E-state index contributed by atoms with van der Waals surface area (Å²) in [4.78, 5) is 26.4. The van der Waals surface area contributed by atoms with Crippen LogP contribution in [0.4, 0.5) is 10.5 Å². The third-order valence-corrected chi connectivity index (χ3v) is 4.55. The van der Waals surface area contributed by atoms with Crippen molar-refractivity contribution >= 4 is 23.3 Å². The summed E-state index contributed by atoms with van der Waals surface area (Å²) in [7, 11) is 0. The zero-order valence-electron chi connectivity index (χ0n) is 15.0. The minimum atomic E-state index is -0.375. The zero-order valence-corrected chi connectivity index (χ0v) is 15.0. The lowest BCUT2D eigenvalue weighted by atomic mass is 9.90. The molecule has 0 saturated carbocycles. The number of allylic oxidation sites excluding steroid dienone is 1. The van der Waals surface area contributed by atoms with E-state index in [9.17, 15) is 9.59 Å². The molecule has 0 spiro atoms. The van der Waals surface area contributed by atoms with Gasteiger partial charge in [-0.1, -0.05) is 23.8 Å². The molecular weight excluding hydrogens is 332 g/mol. The van der Waals surface area contributed by atoms with Crippen LogP contribution in [0, 0.1) is 0 Å². The summed E-state index contributed by atoms with van der Waals surface area (Å²) in [6.07, 6.45) is 1.94. The number of nitrogens with one attached hydrogen (secondary N) is 2. The number of morpholine rings is 1. The van der Waals surface area contributed by atoms with Crippen LogP contribution in [0.15, 0.2) is 46.6 Å². The number of carbonyl (C=O) groups excluding carboxylic acids is 2. The first-order valence-electron chi connectivity index (χ1n) is 8.86. The Labute approximate surface area is 153 Å². The molecule has 3 amide bonds. The van der Waals surface area contributed by atoms with Crippen molar-refractivity contribution in [1.82, 2.24) is 10.3 Å². The molecule has 0 radical (unpaired) electrons. The van der Waals surface area contributed by atoms with Gasteiger partial charge < -0.3 is 15.0 Å². The van der Waals surface area contributed by atoms with Crippen molar-refractivity contribution in [2.45, 2.75) is 26.2 Å². The minimum Gasteiger partial charge on any atom is -0.378 e. The quantitative estimate of drug-likeness (QED) is 0.817. The van der Waals surface area contributed by atoms with Crippen LogP contribution < -0.4 is 10.7 Å². The second-order valence-electron chi connectivity index (χ2n) is 6.45. The summed E-state index contributed by atoms with van der Waals surface area (Å²) in [5.74, 6) is 0.111. The maximum atomic E-state index is 12.6. The number of amides is 3. The molecule has 2 aliphatic rings. The van der Waals surface area contributed by atoms with Crippen molar-refractivity contribution in [3.63, 3.8) is 0 Å². The average molecular weight is 356 g/mol. The van der Waals surface area contributed by atoms with E-state index in [4.69, 9.17) is 4.74 Å². The zero-order chi connectivity index (χ0) is 18.4. The summed E-state index contributed by atoms with van der Waals surface area (Å²) < 4.78 is 5.30. The van der Waals surface area contributed by atoms with Crippen molar-refractivity contribution in [2.24, 2.45) is 5.10 Å².